The number of aromatic nitrogens is 1. The molecule has 102 valence electrons. The van der Waals surface area contributed by atoms with E-state index in [1.54, 1.807) is 6.20 Å². The van der Waals surface area contributed by atoms with Crippen LogP contribution in [0.3, 0.4) is 0 Å². The third-order valence-electron chi connectivity index (χ3n) is 3.77. The first-order valence-corrected chi connectivity index (χ1v) is 7.04. The fourth-order valence-corrected chi connectivity index (χ4v) is 2.88. The Morgan fingerprint density at radius 2 is 2.11 bits per heavy atom. The van der Waals surface area contributed by atoms with E-state index in [0.29, 0.717) is 11.5 Å². The van der Waals surface area contributed by atoms with Gasteiger partial charge in [-0.05, 0) is 25.0 Å². The number of hydrogen-bond donors (Lipinski definition) is 2. The van der Waals surface area contributed by atoms with Crippen molar-refractivity contribution >= 4 is 23.1 Å². The number of amides is 1. The molecule has 19 heavy (non-hydrogen) atoms. The molecule has 0 spiro atoms. The van der Waals surface area contributed by atoms with Gasteiger partial charge in [0, 0.05) is 6.20 Å². The van der Waals surface area contributed by atoms with Crippen LogP contribution >= 0.6 is 12.2 Å². The fraction of sp³-hybridized carbons (Fsp3) is 0.500. The Morgan fingerprint density at radius 1 is 1.37 bits per heavy atom. The van der Waals surface area contributed by atoms with Crippen molar-refractivity contribution in [2.24, 2.45) is 11.1 Å². The average Bonchev–Trinajstić information content (AvgIpc) is 2.46. The van der Waals surface area contributed by atoms with Gasteiger partial charge in [-0.1, -0.05) is 37.5 Å². The number of nitrogens with two attached hydrogens (primary N) is 1. The highest BCUT2D eigenvalue weighted by molar-refractivity contribution is 7.80. The summed E-state index contributed by atoms with van der Waals surface area (Å²) in [5.74, 6) is -0.0506. The molecule has 4 nitrogen and oxygen atoms in total. The van der Waals surface area contributed by atoms with Crippen LogP contribution in [-0.2, 0) is 11.3 Å². The summed E-state index contributed by atoms with van der Waals surface area (Å²) in [7, 11) is 0. The van der Waals surface area contributed by atoms with Gasteiger partial charge in [-0.2, -0.15) is 0 Å². The summed E-state index contributed by atoms with van der Waals surface area (Å²) < 4.78 is 0. The summed E-state index contributed by atoms with van der Waals surface area (Å²) in [5.41, 5.74) is 6.01. The molecule has 1 fully saturated rings. The molecule has 5 heteroatoms. The third-order valence-corrected chi connectivity index (χ3v) is 4.16. The van der Waals surface area contributed by atoms with Crippen LogP contribution in [-0.4, -0.2) is 15.9 Å². The molecule has 1 saturated carbocycles. The summed E-state index contributed by atoms with van der Waals surface area (Å²) >= 11 is 5.14. The summed E-state index contributed by atoms with van der Waals surface area (Å²) in [6.45, 7) is 0.421. The lowest BCUT2D eigenvalue weighted by atomic mass is 9.73. The number of nitrogens with one attached hydrogen (secondary N) is 1. The zero-order valence-corrected chi connectivity index (χ0v) is 11.7. The predicted molar refractivity (Wildman–Crippen MR) is 78.4 cm³/mol. The van der Waals surface area contributed by atoms with Crippen LogP contribution in [0.1, 0.15) is 37.8 Å². The topological polar surface area (TPSA) is 68.0 Å². The van der Waals surface area contributed by atoms with Crippen LogP contribution < -0.4 is 11.1 Å². The minimum Gasteiger partial charge on any atom is -0.392 e. The number of hydrogen-bond acceptors (Lipinski definition) is 3. The molecule has 1 heterocycles. The van der Waals surface area contributed by atoms with Crippen LogP contribution in [0, 0.1) is 5.41 Å². The van der Waals surface area contributed by atoms with Crippen LogP contribution in [0.4, 0.5) is 0 Å². The van der Waals surface area contributed by atoms with Crippen molar-refractivity contribution < 1.29 is 4.79 Å². The van der Waals surface area contributed by atoms with E-state index in [1.807, 2.05) is 18.2 Å². The molecule has 0 saturated heterocycles. The van der Waals surface area contributed by atoms with E-state index in [-0.39, 0.29) is 5.91 Å². The van der Waals surface area contributed by atoms with E-state index in [9.17, 15) is 4.79 Å². The van der Waals surface area contributed by atoms with E-state index in [2.05, 4.69) is 10.3 Å². The van der Waals surface area contributed by atoms with E-state index in [4.69, 9.17) is 18.0 Å². The monoisotopic (exact) mass is 277 g/mol. The van der Waals surface area contributed by atoms with Crippen molar-refractivity contribution in [3.05, 3.63) is 30.1 Å². The Labute approximate surface area is 118 Å². The smallest absolute Gasteiger partial charge is 0.233 e. The molecule has 0 aromatic carbocycles. The van der Waals surface area contributed by atoms with Gasteiger partial charge >= 0.3 is 0 Å². The molecule has 1 aromatic heterocycles. The van der Waals surface area contributed by atoms with Crippen LogP contribution in [0.15, 0.2) is 24.4 Å². The summed E-state index contributed by atoms with van der Waals surface area (Å²) in [5, 5.41) is 2.92. The van der Waals surface area contributed by atoms with Crippen LogP contribution in [0.5, 0.6) is 0 Å². The molecule has 0 unspecified atom stereocenters. The van der Waals surface area contributed by atoms with Gasteiger partial charge in [-0.25, -0.2) is 0 Å². The number of carbonyl (C=O) groups is 1. The standard InChI is InChI=1S/C14H19N3OS/c15-12(19)14(7-3-1-4-8-14)13(18)17-10-11-6-2-5-9-16-11/h2,5-6,9H,1,3-4,7-8,10H2,(H2,15,19)(H,17,18). The Kier molecular flexibility index (Phi) is 4.47. The van der Waals surface area contributed by atoms with Gasteiger partial charge in [-0.15, -0.1) is 0 Å². The Bertz CT molecular complexity index is 455. The van der Waals surface area contributed by atoms with Crippen molar-refractivity contribution in [3.63, 3.8) is 0 Å². The van der Waals surface area contributed by atoms with E-state index < -0.39 is 5.41 Å². The second-order valence-electron chi connectivity index (χ2n) is 5.01. The van der Waals surface area contributed by atoms with Gasteiger partial charge in [0.15, 0.2) is 0 Å². The summed E-state index contributed by atoms with van der Waals surface area (Å²) in [6, 6.07) is 5.63. The fourth-order valence-electron chi connectivity index (χ4n) is 2.58. The lowest BCUT2D eigenvalue weighted by molar-refractivity contribution is -0.129. The van der Waals surface area contributed by atoms with Gasteiger partial charge in [0.25, 0.3) is 0 Å². The normalized spacial score (nSPS) is 17.7. The Hall–Kier alpha value is -1.49. The minimum atomic E-state index is -0.650. The molecule has 3 N–H and O–H groups in total. The molecule has 0 aliphatic heterocycles. The van der Waals surface area contributed by atoms with Crippen molar-refractivity contribution in [1.29, 1.82) is 0 Å². The van der Waals surface area contributed by atoms with Gasteiger partial charge in [0.05, 0.1) is 22.6 Å². The number of thiocarbonyl (C=S) groups is 1. The minimum absolute atomic E-state index is 0.0506. The second-order valence-corrected chi connectivity index (χ2v) is 5.45. The molecule has 2 rings (SSSR count). The molecule has 0 atom stereocenters. The van der Waals surface area contributed by atoms with Crippen molar-refractivity contribution in [3.8, 4) is 0 Å². The van der Waals surface area contributed by atoms with Gasteiger partial charge in [-0.3, -0.25) is 9.78 Å². The zero-order chi connectivity index (χ0) is 13.7. The molecular weight excluding hydrogens is 258 g/mol. The van der Waals surface area contributed by atoms with Crippen LogP contribution in [0.2, 0.25) is 0 Å². The van der Waals surface area contributed by atoms with Gasteiger partial charge < -0.3 is 11.1 Å². The highest BCUT2D eigenvalue weighted by Crippen LogP contribution is 2.36. The predicted octanol–water partition coefficient (Wildman–Crippen LogP) is 1.93. The molecule has 1 aliphatic carbocycles. The number of pyridine rings is 1. The lowest BCUT2D eigenvalue weighted by Gasteiger charge is -2.34. The number of carbonyl (C=O) groups excluding carboxylic acids is 1. The largest absolute Gasteiger partial charge is 0.392 e. The average molecular weight is 277 g/mol. The maximum atomic E-state index is 12.4. The van der Waals surface area contributed by atoms with E-state index in [0.717, 1.165) is 37.8 Å². The molecule has 0 radical (unpaired) electrons. The van der Waals surface area contributed by atoms with E-state index >= 15 is 0 Å². The molecule has 1 amide bonds. The first-order chi connectivity index (χ1) is 9.15. The maximum absolute atomic E-state index is 12.4. The van der Waals surface area contributed by atoms with E-state index in [1.165, 1.54) is 0 Å². The molecular formula is C14H19N3OS. The lowest BCUT2D eigenvalue weighted by Crippen LogP contribution is -2.49. The quantitative estimate of drug-likeness (QED) is 0.825. The van der Waals surface area contributed by atoms with Crippen molar-refractivity contribution in [2.45, 2.75) is 38.6 Å². The summed E-state index contributed by atoms with van der Waals surface area (Å²) in [4.78, 5) is 16.9. The zero-order valence-electron chi connectivity index (χ0n) is 10.9. The maximum Gasteiger partial charge on any atom is 0.233 e. The van der Waals surface area contributed by atoms with Gasteiger partial charge in [0.2, 0.25) is 5.91 Å². The molecule has 0 bridgehead atoms. The third kappa shape index (κ3) is 3.10. The highest BCUT2D eigenvalue weighted by Gasteiger charge is 2.42. The first kappa shape index (κ1) is 13.9. The number of nitrogens with zero attached hydrogens (tertiary/aromatic N) is 1. The van der Waals surface area contributed by atoms with Crippen LogP contribution in [0.25, 0.3) is 0 Å². The highest BCUT2D eigenvalue weighted by atomic mass is 32.1. The summed E-state index contributed by atoms with van der Waals surface area (Å²) in [6.07, 6.45) is 6.40. The molecule has 1 aromatic rings. The Morgan fingerprint density at radius 3 is 2.68 bits per heavy atom. The van der Waals surface area contributed by atoms with Gasteiger partial charge in [0.1, 0.15) is 0 Å². The first-order valence-electron chi connectivity index (χ1n) is 6.63. The second kappa shape index (κ2) is 6.10. The SMILES string of the molecule is NC(=S)C1(C(=O)NCc2ccccn2)CCCCC1. The molecule has 1 aliphatic rings. The Balaban J connectivity index is 2.02. The van der Waals surface area contributed by atoms with Crippen molar-refractivity contribution in [1.82, 2.24) is 10.3 Å². The van der Waals surface area contributed by atoms with Crippen molar-refractivity contribution in [2.75, 3.05) is 0 Å². The number of rotatable bonds is 4.